The number of nitriles is 1. The summed E-state index contributed by atoms with van der Waals surface area (Å²) in [6.07, 6.45) is 6.92. The van der Waals surface area contributed by atoms with E-state index in [1.807, 2.05) is 54.7 Å². The van der Waals surface area contributed by atoms with Crippen LogP contribution in [-0.2, 0) is 0 Å². The quantitative estimate of drug-likeness (QED) is 0.442. The van der Waals surface area contributed by atoms with Gasteiger partial charge >= 0.3 is 0 Å². The number of hydrogen-bond donors (Lipinski definition) is 1. The highest BCUT2D eigenvalue weighted by molar-refractivity contribution is 6.31. The minimum Gasteiger partial charge on any atom is -0.457 e. The third-order valence-electron chi connectivity index (χ3n) is 4.14. The second-order valence-corrected chi connectivity index (χ2v) is 6.33. The van der Waals surface area contributed by atoms with Gasteiger partial charge in [0.05, 0.1) is 11.6 Å². The van der Waals surface area contributed by atoms with Crippen LogP contribution in [0, 0.1) is 11.3 Å². The molecule has 0 fully saturated rings. The summed E-state index contributed by atoms with van der Waals surface area (Å²) in [5.74, 6) is 1.34. The van der Waals surface area contributed by atoms with Gasteiger partial charge in [-0.1, -0.05) is 29.8 Å². The van der Waals surface area contributed by atoms with Gasteiger partial charge in [0.25, 0.3) is 0 Å². The summed E-state index contributed by atoms with van der Waals surface area (Å²) in [5.41, 5.74) is 2.91. The van der Waals surface area contributed by atoms with Gasteiger partial charge in [-0.05, 0) is 42.5 Å². The molecule has 0 aliphatic rings. The number of H-pyrrole nitrogens is 1. The summed E-state index contributed by atoms with van der Waals surface area (Å²) >= 11 is 6.12. The van der Waals surface area contributed by atoms with Gasteiger partial charge in [0, 0.05) is 45.6 Å². The summed E-state index contributed by atoms with van der Waals surface area (Å²) in [4.78, 5) is 7.34. The number of pyridine rings is 1. The van der Waals surface area contributed by atoms with Gasteiger partial charge in [-0.15, -0.1) is 0 Å². The molecule has 0 aliphatic carbocycles. The van der Waals surface area contributed by atoms with E-state index in [-0.39, 0.29) is 0 Å². The van der Waals surface area contributed by atoms with Crippen molar-refractivity contribution in [1.82, 2.24) is 9.97 Å². The fourth-order valence-corrected chi connectivity index (χ4v) is 3.02. The molecule has 2 aromatic heterocycles. The molecule has 0 unspecified atom stereocenters. The Balaban J connectivity index is 1.77. The first-order valence-corrected chi connectivity index (χ1v) is 8.68. The van der Waals surface area contributed by atoms with Crippen LogP contribution in [0.4, 0.5) is 0 Å². The lowest BCUT2D eigenvalue weighted by molar-refractivity contribution is 0.481. The van der Waals surface area contributed by atoms with E-state index < -0.39 is 0 Å². The molecule has 130 valence electrons. The Morgan fingerprint density at radius 2 is 2.00 bits per heavy atom. The van der Waals surface area contributed by atoms with Crippen molar-refractivity contribution < 1.29 is 4.74 Å². The third-order valence-corrected chi connectivity index (χ3v) is 4.37. The maximum atomic E-state index is 9.74. The number of fused-ring (bicyclic) bond motifs is 1. The van der Waals surface area contributed by atoms with Crippen molar-refractivity contribution in [3.8, 4) is 17.6 Å². The number of nitrogens with one attached hydrogen (secondary N) is 1. The van der Waals surface area contributed by atoms with E-state index in [4.69, 9.17) is 16.3 Å². The topological polar surface area (TPSA) is 61.7 Å². The Morgan fingerprint density at radius 1 is 1.15 bits per heavy atom. The molecule has 0 atom stereocenters. The van der Waals surface area contributed by atoms with Crippen LogP contribution >= 0.6 is 11.6 Å². The zero-order valence-corrected chi connectivity index (χ0v) is 14.9. The first-order valence-electron chi connectivity index (χ1n) is 8.30. The Kier molecular flexibility index (Phi) is 4.61. The molecule has 1 N–H and O–H groups in total. The predicted molar refractivity (Wildman–Crippen MR) is 108 cm³/mol. The van der Waals surface area contributed by atoms with Crippen LogP contribution in [0.2, 0.25) is 5.02 Å². The fraction of sp³-hybridized carbons (Fsp3) is 0. The van der Waals surface area contributed by atoms with Crippen molar-refractivity contribution in [1.29, 1.82) is 5.26 Å². The van der Waals surface area contributed by atoms with Crippen molar-refractivity contribution in [2.24, 2.45) is 0 Å². The summed E-state index contributed by atoms with van der Waals surface area (Å²) < 4.78 is 5.96. The average Bonchev–Trinajstić information content (AvgIpc) is 3.11. The highest BCUT2D eigenvalue weighted by atomic mass is 35.5. The number of nitrogens with zero attached hydrogens (tertiary/aromatic N) is 2. The van der Waals surface area contributed by atoms with Gasteiger partial charge in [0.15, 0.2) is 0 Å². The second-order valence-electron chi connectivity index (χ2n) is 5.89. The number of aromatic amines is 1. The predicted octanol–water partition coefficient (Wildman–Crippen LogP) is 6.07. The largest absolute Gasteiger partial charge is 0.457 e. The maximum Gasteiger partial charge on any atom is 0.137 e. The zero-order chi connectivity index (χ0) is 18.6. The Bertz CT molecular complexity index is 1170. The number of allylic oxidation sites excluding steroid dienone is 1. The second kappa shape index (κ2) is 7.36. The van der Waals surface area contributed by atoms with Crippen LogP contribution in [0.15, 0.2) is 73.2 Å². The van der Waals surface area contributed by atoms with Crippen molar-refractivity contribution in [3.05, 3.63) is 89.3 Å². The monoisotopic (exact) mass is 371 g/mol. The molecule has 0 saturated heterocycles. The highest BCUT2D eigenvalue weighted by Crippen LogP contribution is 2.31. The number of benzene rings is 2. The van der Waals surface area contributed by atoms with E-state index in [1.54, 1.807) is 24.5 Å². The molecule has 4 aromatic rings. The Morgan fingerprint density at radius 3 is 2.81 bits per heavy atom. The molecule has 4 rings (SSSR count). The first-order chi connectivity index (χ1) is 13.2. The SMILES string of the molecule is N#C/C(=C\c1cnccc1Oc1ccccc1)c1c[nH]c2ccc(Cl)cc12. The molecule has 0 saturated carbocycles. The summed E-state index contributed by atoms with van der Waals surface area (Å²) in [5, 5.41) is 11.3. The lowest BCUT2D eigenvalue weighted by Crippen LogP contribution is -1.89. The molecule has 2 heterocycles. The van der Waals surface area contributed by atoms with Gasteiger partial charge < -0.3 is 9.72 Å². The Hall–Kier alpha value is -3.55. The van der Waals surface area contributed by atoms with Crippen molar-refractivity contribution in [2.75, 3.05) is 0 Å². The van der Waals surface area contributed by atoms with E-state index in [0.717, 1.165) is 22.2 Å². The molecule has 0 aliphatic heterocycles. The number of rotatable bonds is 4. The van der Waals surface area contributed by atoms with Gasteiger partial charge in [-0.25, -0.2) is 0 Å². The van der Waals surface area contributed by atoms with E-state index in [2.05, 4.69) is 16.0 Å². The van der Waals surface area contributed by atoms with E-state index in [1.165, 1.54) is 0 Å². The number of para-hydroxylation sites is 1. The van der Waals surface area contributed by atoms with Crippen LogP contribution in [-0.4, -0.2) is 9.97 Å². The third kappa shape index (κ3) is 3.55. The standard InChI is InChI=1S/C22H14ClN3O/c23-17-6-7-21-19(11-17)20(14-26-21)15(12-24)10-16-13-25-9-8-22(16)27-18-4-2-1-3-5-18/h1-11,13-14,26H/b15-10+. The van der Waals surface area contributed by atoms with Crippen molar-refractivity contribution in [3.63, 3.8) is 0 Å². The van der Waals surface area contributed by atoms with Gasteiger partial charge in [0.1, 0.15) is 11.5 Å². The minimum absolute atomic E-state index is 0.495. The summed E-state index contributed by atoms with van der Waals surface area (Å²) in [6.45, 7) is 0. The fourth-order valence-electron chi connectivity index (χ4n) is 2.85. The maximum absolute atomic E-state index is 9.74. The summed E-state index contributed by atoms with van der Waals surface area (Å²) in [7, 11) is 0. The van der Waals surface area contributed by atoms with Gasteiger partial charge in [-0.3, -0.25) is 4.98 Å². The van der Waals surface area contributed by atoms with Crippen LogP contribution in [0.5, 0.6) is 11.5 Å². The molecule has 27 heavy (non-hydrogen) atoms. The minimum atomic E-state index is 0.495. The summed E-state index contributed by atoms with van der Waals surface area (Å²) in [6, 6.07) is 19.1. The molecular weight excluding hydrogens is 358 g/mol. The highest BCUT2D eigenvalue weighted by Gasteiger charge is 2.11. The zero-order valence-electron chi connectivity index (χ0n) is 14.2. The number of ether oxygens (including phenoxy) is 1. The van der Waals surface area contributed by atoms with Crippen LogP contribution in [0.25, 0.3) is 22.6 Å². The lowest BCUT2D eigenvalue weighted by Gasteiger charge is -2.08. The van der Waals surface area contributed by atoms with Crippen LogP contribution < -0.4 is 4.74 Å². The first kappa shape index (κ1) is 16.9. The molecule has 5 heteroatoms. The van der Waals surface area contributed by atoms with E-state index in [9.17, 15) is 5.26 Å². The van der Waals surface area contributed by atoms with Gasteiger partial charge in [-0.2, -0.15) is 5.26 Å². The van der Waals surface area contributed by atoms with Crippen LogP contribution in [0.3, 0.4) is 0 Å². The number of aromatic nitrogens is 2. The van der Waals surface area contributed by atoms with E-state index in [0.29, 0.717) is 21.9 Å². The molecule has 0 spiro atoms. The lowest BCUT2D eigenvalue weighted by atomic mass is 10.0. The molecule has 2 aromatic carbocycles. The van der Waals surface area contributed by atoms with Crippen LogP contribution in [0.1, 0.15) is 11.1 Å². The Labute approximate surface area is 161 Å². The van der Waals surface area contributed by atoms with E-state index >= 15 is 0 Å². The number of hydrogen-bond acceptors (Lipinski definition) is 3. The van der Waals surface area contributed by atoms with Crippen molar-refractivity contribution in [2.45, 2.75) is 0 Å². The smallest absolute Gasteiger partial charge is 0.137 e. The number of halogens is 1. The normalized spacial score (nSPS) is 11.3. The molecule has 0 bridgehead atoms. The molecule has 4 nitrogen and oxygen atoms in total. The van der Waals surface area contributed by atoms with Crippen molar-refractivity contribution >= 4 is 34.2 Å². The van der Waals surface area contributed by atoms with Gasteiger partial charge in [0.2, 0.25) is 0 Å². The molecule has 0 amide bonds. The average molecular weight is 372 g/mol. The molecule has 0 radical (unpaired) electrons. The molecular formula is C22H14ClN3O.